The number of anilines is 1. The van der Waals surface area contributed by atoms with Gasteiger partial charge in [0.15, 0.2) is 16.7 Å². The van der Waals surface area contributed by atoms with Gasteiger partial charge in [0.25, 0.3) is 0 Å². The van der Waals surface area contributed by atoms with Crippen molar-refractivity contribution in [1.29, 1.82) is 0 Å². The smallest absolute Gasteiger partial charge is 0.226 e. The molecule has 2 aromatic heterocycles. The number of nitrogens with two attached hydrogens (primary N) is 1. The van der Waals surface area contributed by atoms with Crippen LogP contribution in [0.15, 0.2) is 21.1 Å². The van der Waals surface area contributed by atoms with Gasteiger partial charge in [0.1, 0.15) is 0 Å². The molecule has 2 aromatic rings. The molecule has 2 heterocycles. The average molecular weight is 241 g/mol. The summed E-state index contributed by atoms with van der Waals surface area (Å²) >= 11 is 5.72. The standard InChI is InChI=1S/C11H13ClN2O2/c1-6(2)5-7-10(14-16-11(7)13)8-3-4-9(12)15-8/h3-4,6H,5,13H2,1-2H3. The number of hydrogen-bond donors (Lipinski definition) is 1. The predicted molar refractivity (Wildman–Crippen MR) is 62.2 cm³/mol. The van der Waals surface area contributed by atoms with Crippen molar-refractivity contribution >= 4 is 17.5 Å². The van der Waals surface area contributed by atoms with Crippen molar-refractivity contribution in [3.05, 3.63) is 22.9 Å². The van der Waals surface area contributed by atoms with Crippen LogP contribution >= 0.6 is 11.6 Å². The molecule has 0 atom stereocenters. The molecular weight excluding hydrogens is 228 g/mol. The van der Waals surface area contributed by atoms with Crippen LogP contribution in [0.25, 0.3) is 11.5 Å². The minimum atomic E-state index is 0.326. The maximum absolute atomic E-state index is 5.73. The summed E-state index contributed by atoms with van der Waals surface area (Å²) < 4.78 is 10.3. The van der Waals surface area contributed by atoms with Gasteiger partial charge in [-0.05, 0) is 36.1 Å². The second-order valence-corrected chi connectivity index (χ2v) is 4.45. The molecule has 0 aromatic carbocycles. The van der Waals surface area contributed by atoms with Gasteiger partial charge < -0.3 is 14.7 Å². The fraction of sp³-hybridized carbons (Fsp3) is 0.364. The van der Waals surface area contributed by atoms with E-state index in [0.29, 0.717) is 28.5 Å². The molecule has 0 saturated carbocycles. The number of nitrogens with zero attached hydrogens (tertiary/aromatic N) is 1. The van der Waals surface area contributed by atoms with Crippen LogP contribution in [0.3, 0.4) is 0 Å². The van der Waals surface area contributed by atoms with Gasteiger partial charge in [0.2, 0.25) is 5.88 Å². The Balaban J connectivity index is 2.41. The monoisotopic (exact) mass is 240 g/mol. The molecule has 0 aliphatic heterocycles. The normalized spacial score (nSPS) is 11.2. The molecule has 0 fully saturated rings. The van der Waals surface area contributed by atoms with Crippen molar-refractivity contribution in [2.75, 3.05) is 5.73 Å². The summed E-state index contributed by atoms with van der Waals surface area (Å²) in [4.78, 5) is 0. The lowest BCUT2D eigenvalue weighted by Gasteiger charge is -2.03. The number of aromatic nitrogens is 1. The summed E-state index contributed by atoms with van der Waals surface area (Å²) in [6.07, 6.45) is 0.795. The highest BCUT2D eigenvalue weighted by molar-refractivity contribution is 6.28. The fourth-order valence-electron chi connectivity index (χ4n) is 1.56. The first-order chi connectivity index (χ1) is 7.58. The zero-order chi connectivity index (χ0) is 11.7. The van der Waals surface area contributed by atoms with Crippen LogP contribution in [0.5, 0.6) is 0 Å². The van der Waals surface area contributed by atoms with E-state index in [1.54, 1.807) is 12.1 Å². The summed E-state index contributed by atoms with van der Waals surface area (Å²) in [5.41, 5.74) is 7.24. The van der Waals surface area contributed by atoms with E-state index in [0.717, 1.165) is 12.0 Å². The molecule has 0 unspecified atom stereocenters. The lowest BCUT2D eigenvalue weighted by molar-refractivity contribution is 0.435. The summed E-state index contributed by atoms with van der Waals surface area (Å²) in [5, 5.41) is 4.23. The molecule has 16 heavy (non-hydrogen) atoms. The molecule has 86 valence electrons. The Morgan fingerprint density at radius 1 is 1.44 bits per heavy atom. The number of rotatable bonds is 3. The van der Waals surface area contributed by atoms with E-state index in [1.807, 2.05) is 0 Å². The van der Waals surface area contributed by atoms with E-state index < -0.39 is 0 Å². The molecular formula is C11H13ClN2O2. The van der Waals surface area contributed by atoms with Crippen molar-refractivity contribution in [2.24, 2.45) is 5.92 Å². The number of hydrogen-bond acceptors (Lipinski definition) is 4. The van der Waals surface area contributed by atoms with Crippen molar-refractivity contribution in [3.63, 3.8) is 0 Å². The van der Waals surface area contributed by atoms with Crippen LogP contribution < -0.4 is 5.73 Å². The van der Waals surface area contributed by atoms with Crippen LogP contribution in [-0.4, -0.2) is 5.16 Å². The molecule has 0 saturated heterocycles. The van der Waals surface area contributed by atoms with Crippen molar-refractivity contribution in [3.8, 4) is 11.5 Å². The minimum absolute atomic E-state index is 0.326. The highest BCUT2D eigenvalue weighted by atomic mass is 35.5. The van der Waals surface area contributed by atoms with Crippen LogP contribution in [-0.2, 0) is 6.42 Å². The molecule has 0 spiro atoms. The van der Waals surface area contributed by atoms with E-state index >= 15 is 0 Å². The number of halogens is 1. The first-order valence-electron chi connectivity index (χ1n) is 5.07. The first-order valence-corrected chi connectivity index (χ1v) is 5.45. The maximum atomic E-state index is 5.73. The third kappa shape index (κ3) is 2.07. The quantitative estimate of drug-likeness (QED) is 0.893. The predicted octanol–water partition coefficient (Wildman–Crippen LogP) is 3.37. The number of nitrogen functional groups attached to an aromatic ring is 1. The van der Waals surface area contributed by atoms with Crippen LogP contribution in [0, 0.1) is 5.92 Å². The van der Waals surface area contributed by atoms with E-state index in [9.17, 15) is 0 Å². The molecule has 0 amide bonds. The largest absolute Gasteiger partial charge is 0.443 e. The van der Waals surface area contributed by atoms with Gasteiger partial charge in [-0.3, -0.25) is 0 Å². The van der Waals surface area contributed by atoms with E-state index in [1.165, 1.54) is 0 Å². The third-order valence-electron chi connectivity index (χ3n) is 2.24. The zero-order valence-corrected chi connectivity index (χ0v) is 9.91. The van der Waals surface area contributed by atoms with Crippen molar-refractivity contribution in [1.82, 2.24) is 5.16 Å². The molecule has 0 bridgehead atoms. The fourth-order valence-corrected chi connectivity index (χ4v) is 1.71. The Labute approximate surface area is 98.4 Å². The lowest BCUT2D eigenvalue weighted by Crippen LogP contribution is -1.98. The van der Waals surface area contributed by atoms with Crippen LogP contribution in [0.4, 0.5) is 5.88 Å². The average Bonchev–Trinajstić information content (AvgIpc) is 2.75. The molecule has 0 radical (unpaired) electrons. The summed E-state index contributed by atoms with van der Waals surface area (Å²) in [5.74, 6) is 1.39. The van der Waals surface area contributed by atoms with Gasteiger partial charge in [-0.15, -0.1) is 0 Å². The van der Waals surface area contributed by atoms with Gasteiger partial charge in [0, 0.05) is 5.56 Å². The van der Waals surface area contributed by atoms with Crippen molar-refractivity contribution in [2.45, 2.75) is 20.3 Å². The second-order valence-electron chi connectivity index (χ2n) is 4.08. The van der Waals surface area contributed by atoms with Gasteiger partial charge in [-0.2, -0.15) is 0 Å². The van der Waals surface area contributed by atoms with Gasteiger partial charge >= 0.3 is 0 Å². The molecule has 0 aliphatic rings. The Kier molecular flexibility index (Phi) is 2.92. The second kappa shape index (κ2) is 4.22. The Bertz CT molecular complexity index is 488. The zero-order valence-electron chi connectivity index (χ0n) is 9.16. The molecule has 4 nitrogen and oxygen atoms in total. The Hall–Kier alpha value is -1.42. The van der Waals surface area contributed by atoms with E-state index in [2.05, 4.69) is 19.0 Å². The summed E-state index contributed by atoms with van der Waals surface area (Å²) in [7, 11) is 0. The summed E-state index contributed by atoms with van der Waals surface area (Å²) in [6.45, 7) is 4.21. The van der Waals surface area contributed by atoms with Crippen LogP contribution in [0.2, 0.25) is 5.22 Å². The van der Waals surface area contributed by atoms with E-state index in [4.69, 9.17) is 26.3 Å². The maximum Gasteiger partial charge on any atom is 0.226 e. The Morgan fingerprint density at radius 3 is 2.75 bits per heavy atom. The topological polar surface area (TPSA) is 65.2 Å². The van der Waals surface area contributed by atoms with Gasteiger partial charge in [0.05, 0.1) is 0 Å². The van der Waals surface area contributed by atoms with Gasteiger partial charge in [-0.25, -0.2) is 0 Å². The Morgan fingerprint density at radius 2 is 2.19 bits per heavy atom. The third-order valence-corrected chi connectivity index (χ3v) is 2.44. The molecule has 0 aliphatic carbocycles. The summed E-state index contributed by atoms with van der Waals surface area (Å²) in [6, 6.07) is 3.42. The molecule has 2 N–H and O–H groups in total. The van der Waals surface area contributed by atoms with Crippen molar-refractivity contribution < 1.29 is 8.94 Å². The highest BCUT2D eigenvalue weighted by Gasteiger charge is 2.18. The number of furan rings is 1. The van der Waals surface area contributed by atoms with Crippen LogP contribution in [0.1, 0.15) is 19.4 Å². The SMILES string of the molecule is CC(C)Cc1c(-c2ccc(Cl)o2)noc1N. The highest BCUT2D eigenvalue weighted by Crippen LogP contribution is 2.31. The van der Waals surface area contributed by atoms with E-state index in [-0.39, 0.29) is 0 Å². The lowest BCUT2D eigenvalue weighted by atomic mass is 10.0. The van der Waals surface area contributed by atoms with Gasteiger partial charge in [-0.1, -0.05) is 19.0 Å². The molecule has 5 heteroatoms. The molecule has 2 rings (SSSR count). The first kappa shape index (κ1) is 11.1. The minimum Gasteiger partial charge on any atom is -0.443 e.